The topological polar surface area (TPSA) is 57.5 Å². The van der Waals surface area contributed by atoms with Crippen LogP contribution in [0.5, 0.6) is 0 Å². The Morgan fingerprint density at radius 2 is 1.46 bits per heavy atom. The maximum absolute atomic E-state index is 11.0. The van der Waals surface area contributed by atoms with Crippen molar-refractivity contribution in [3.05, 3.63) is 69.8 Å². The van der Waals surface area contributed by atoms with E-state index in [1.807, 2.05) is 6.92 Å². The quantitative estimate of drug-likeness (QED) is 0.806. The highest BCUT2D eigenvalue weighted by Crippen LogP contribution is 2.47. The molecular formula is C23H28O3. The molecule has 3 nitrogen and oxygen atoms in total. The summed E-state index contributed by atoms with van der Waals surface area (Å²) in [7, 11) is 0. The minimum Gasteiger partial charge on any atom is -0.478 e. The summed E-state index contributed by atoms with van der Waals surface area (Å²) < 4.78 is 0. The third-order valence-electron chi connectivity index (χ3n) is 6.01. The molecule has 2 aromatic rings. The van der Waals surface area contributed by atoms with Crippen LogP contribution in [0.15, 0.2) is 36.4 Å². The molecule has 0 spiro atoms. The van der Waals surface area contributed by atoms with Crippen molar-refractivity contribution >= 4 is 5.97 Å². The Labute approximate surface area is 155 Å². The van der Waals surface area contributed by atoms with Crippen molar-refractivity contribution in [3.8, 4) is 0 Å². The van der Waals surface area contributed by atoms with Crippen molar-refractivity contribution in [1.82, 2.24) is 0 Å². The van der Waals surface area contributed by atoms with Gasteiger partial charge < -0.3 is 10.2 Å². The van der Waals surface area contributed by atoms with Gasteiger partial charge in [-0.1, -0.05) is 52.0 Å². The lowest BCUT2D eigenvalue weighted by Crippen LogP contribution is -2.34. The predicted molar refractivity (Wildman–Crippen MR) is 104 cm³/mol. The summed E-state index contributed by atoms with van der Waals surface area (Å²) in [6.45, 7) is 11.2. The van der Waals surface area contributed by atoms with Crippen LogP contribution in [0.3, 0.4) is 0 Å². The van der Waals surface area contributed by atoms with E-state index in [9.17, 15) is 9.90 Å². The lowest BCUT2D eigenvalue weighted by molar-refractivity contribution is 0.0696. The minimum atomic E-state index is -0.958. The molecule has 1 aliphatic rings. The summed E-state index contributed by atoms with van der Waals surface area (Å²) >= 11 is 0. The molecule has 2 N–H and O–H groups in total. The molecule has 3 rings (SSSR count). The van der Waals surface area contributed by atoms with Crippen LogP contribution in [0.25, 0.3) is 0 Å². The highest BCUT2D eigenvalue weighted by atomic mass is 16.4. The number of aryl methyl sites for hydroxylation is 1. The molecule has 0 radical (unpaired) electrons. The number of fused-ring (bicyclic) bond motifs is 1. The monoisotopic (exact) mass is 352 g/mol. The third-order valence-corrected chi connectivity index (χ3v) is 6.01. The fraction of sp³-hybridized carbons (Fsp3) is 0.435. The third kappa shape index (κ3) is 3.16. The summed E-state index contributed by atoms with van der Waals surface area (Å²) in [4.78, 5) is 11.0. The van der Waals surface area contributed by atoms with Crippen molar-refractivity contribution in [3.63, 3.8) is 0 Å². The standard InChI is InChI=1S/C23H28O3/c1-14-12-18-19(23(4,5)11-10-22(18,2)3)13-17(14)20(24)15-6-8-16(9-7-15)21(25)26/h6-9,12-13,20,24H,10-11H2,1-5H3,(H,25,26). The summed E-state index contributed by atoms with van der Waals surface area (Å²) in [6.07, 6.45) is 1.52. The summed E-state index contributed by atoms with van der Waals surface area (Å²) in [5.74, 6) is -0.958. The van der Waals surface area contributed by atoms with Crippen molar-refractivity contribution in [2.45, 2.75) is 64.4 Å². The lowest BCUT2D eigenvalue weighted by atomic mass is 9.62. The molecule has 0 aromatic heterocycles. The second-order valence-corrected chi connectivity index (χ2v) is 8.85. The largest absolute Gasteiger partial charge is 0.478 e. The molecule has 0 saturated heterocycles. The Hall–Kier alpha value is -2.13. The first kappa shape index (κ1) is 18.7. The molecule has 1 aliphatic carbocycles. The number of carboxylic acid groups (broad SMARTS) is 1. The van der Waals surface area contributed by atoms with Crippen LogP contribution in [0.2, 0.25) is 0 Å². The van der Waals surface area contributed by atoms with E-state index < -0.39 is 12.1 Å². The number of rotatable bonds is 3. The number of benzene rings is 2. The van der Waals surface area contributed by atoms with Crippen LogP contribution in [-0.2, 0) is 10.8 Å². The van der Waals surface area contributed by atoms with Gasteiger partial charge in [0.2, 0.25) is 0 Å². The molecule has 1 unspecified atom stereocenters. The zero-order valence-corrected chi connectivity index (χ0v) is 16.3. The van der Waals surface area contributed by atoms with Gasteiger partial charge in [0, 0.05) is 0 Å². The number of aliphatic hydroxyl groups is 1. The molecule has 0 fully saturated rings. The Balaban J connectivity index is 2.07. The Kier molecular flexibility index (Phi) is 4.48. The molecule has 26 heavy (non-hydrogen) atoms. The molecular weight excluding hydrogens is 324 g/mol. The van der Waals surface area contributed by atoms with Gasteiger partial charge in [-0.05, 0) is 70.5 Å². The van der Waals surface area contributed by atoms with E-state index in [0.717, 1.165) is 24.0 Å². The first-order valence-electron chi connectivity index (χ1n) is 9.20. The zero-order valence-electron chi connectivity index (χ0n) is 16.3. The molecule has 1 atom stereocenters. The minimum absolute atomic E-state index is 0.0835. The smallest absolute Gasteiger partial charge is 0.335 e. The van der Waals surface area contributed by atoms with Crippen molar-refractivity contribution in [1.29, 1.82) is 0 Å². The van der Waals surface area contributed by atoms with E-state index in [0.29, 0.717) is 5.56 Å². The Bertz CT molecular complexity index is 845. The Morgan fingerprint density at radius 1 is 0.962 bits per heavy atom. The molecule has 0 aliphatic heterocycles. The van der Waals surface area contributed by atoms with E-state index in [2.05, 4.69) is 39.8 Å². The van der Waals surface area contributed by atoms with Gasteiger partial charge in [-0.25, -0.2) is 4.79 Å². The van der Waals surface area contributed by atoms with Crippen molar-refractivity contribution in [2.24, 2.45) is 0 Å². The van der Waals surface area contributed by atoms with E-state index >= 15 is 0 Å². The van der Waals surface area contributed by atoms with Gasteiger partial charge in [-0.2, -0.15) is 0 Å². The van der Waals surface area contributed by atoms with Gasteiger partial charge in [0.25, 0.3) is 0 Å². The molecule has 0 heterocycles. The van der Waals surface area contributed by atoms with Crippen molar-refractivity contribution in [2.75, 3.05) is 0 Å². The van der Waals surface area contributed by atoms with E-state index in [-0.39, 0.29) is 16.4 Å². The first-order chi connectivity index (χ1) is 12.0. The van der Waals surface area contributed by atoms with Crippen LogP contribution >= 0.6 is 0 Å². The van der Waals surface area contributed by atoms with Crippen LogP contribution in [-0.4, -0.2) is 16.2 Å². The summed E-state index contributed by atoms with van der Waals surface area (Å²) in [6, 6.07) is 10.9. The number of carboxylic acids is 1. The van der Waals surface area contributed by atoms with Gasteiger partial charge >= 0.3 is 5.97 Å². The highest BCUT2D eigenvalue weighted by molar-refractivity contribution is 5.87. The number of hydrogen-bond donors (Lipinski definition) is 2. The normalized spacial score (nSPS) is 18.8. The zero-order chi connectivity index (χ0) is 19.3. The van der Waals surface area contributed by atoms with Gasteiger partial charge in [0.05, 0.1) is 5.56 Å². The second-order valence-electron chi connectivity index (χ2n) is 8.85. The summed E-state index contributed by atoms with van der Waals surface area (Å²) in [5, 5.41) is 20.0. The van der Waals surface area contributed by atoms with E-state index in [1.54, 1.807) is 24.3 Å². The van der Waals surface area contributed by atoms with Gasteiger partial charge in [0.15, 0.2) is 0 Å². The molecule has 0 saturated carbocycles. The molecule has 0 amide bonds. The molecule has 2 aromatic carbocycles. The van der Waals surface area contributed by atoms with Gasteiger partial charge in [-0.15, -0.1) is 0 Å². The van der Waals surface area contributed by atoms with Gasteiger partial charge in [0.1, 0.15) is 6.10 Å². The molecule has 3 heteroatoms. The predicted octanol–water partition coefficient (Wildman–Crippen LogP) is 5.12. The van der Waals surface area contributed by atoms with Crippen LogP contribution in [0.4, 0.5) is 0 Å². The molecule has 138 valence electrons. The lowest BCUT2D eigenvalue weighted by Gasteiger charge is -2.42. The average molecular weight is 352 g/mol. The van der Waals surface area contributed by atoms with E-state index in [4.69, 9.17) is 5.11 Å². The number of aliphatic hydroxyl groups excluding tert-OH is 1. The maximum Gasteiger partial charge on any atom is 0.335 e. The average Bonchev–Trinajstić information content (AvgIpc) is 2.58. The van der Waals surface area contributed by atoms with E-state index in [1.165, 1.54) is 11.1 Å². The summed E-state index contributed by atoms with van der Waals surface area (Å²) in [5.41, 5.74) is 5.83. The molecule has 0 bridgehead atoms. The maximum atomic E-state index is 11.0. The SMILES string of the molecule is Cc1cc2c(cc1C(O)c1ccc(C(=O)O)cc1)C(C)(C)CCC2(C)C. The first-order valence-corrected chi connectivity index (χ1v) is 9.20. The number of carbonyl (C=O) groups is 1. The van der Waals surface area contributed by atoms with Crippen LogP contribution < -0.4 is 0 Å². The van der Waals surface area contributed by atoms with Crippen LogP contribution in [0, 0.1) is 6.92 Å². The highest BCUT2D eigenvalue weighted by Gasteiger charge is 2.37. The number of hydrogen-bond acceptors (Lipinski definition) is 2. The van der Waals surface area contributed by atoms with Crippen molar-refractivity contribution < 1.29 is 15.0 Å². The van der Waals surface area contributed by atoms with Gasteiger partial charge in [-0.3, -0.25) is 0 Å². The Morgan fingerprint density at radius 3 is 1.96 bits per heavy atom. The van der Waals surface area contributed by atoms with Crippen LogP contribution in [0.1, 0.15) is 84.8 Å². The number of aromatic carboxylic acids is 1. The fourth-order valence-corrected chi connectivity index (χ4v) is 4.02. The fourth-order valence-electron chi connectivity index (χ4n) is 4.02. The second kappa shape index (κ2) is 6.24.